The van der Waals surface area contributed by atoms with Crippen molar-refractivity contribution >= 4 is 35.8 Å². The Morgan fingerprint density at radius 1 is 0.774 bits per heavy atom. The average molecular weight is 452 g/mol. The number of nitrogens with zero attached hydrogens (tertiary/aromatic N) is 1. The average Bonchev–Trinajstić information content (AvgIpc) is 2.50. The van der Waals surface area contributed by atoms with Gasteiger partial charge in [0.1, 0.15) is 13.2 Å². The standard InChI is InChI=1S/C17H25NO13/c1-18(2,3)4-5-30-15(28)17(7-11(21)22,8-12(23)24)31-13(25)9-16(29,14(26)27)6-10(19)20/h29H,4-9H2,1-3H3,(H3-,19,20,21,22,23,24,26,27)/p+1. The summed E-state index contributed by atoms with van der Waals surface area (Å²) >= 11 is 0. The molecule has 0 aliphatic rings. The lowest BCUT2D eigenvalue weighted by molar-refractivity contribution is -0.870. The lowest BCUT2D eigenvalue weighted by atomic mass is 9.93. The first-order valence-electron chi connectivity index (χ1n) is 8.73. The summed E-state index contributed by atoms with van der Waals surface area (Å²) in [6, 6.07) is 0. The molecule has 0 amide bonds. The minimum absolute atomic E-state index is 0.229. The summed E-state index contributed by atoms with van der Waals surface area (Å²) in [4.78, 5) is 69.2. The lowest BCUT2D eigenvalue weighted by Gasteiger charge is -2.30. The molecule has 176 valence electrons. The van der Waals surface area contributed by atoms with Crippen molar-refractivity contribution in [3.05, 3.63) is 0 Å². The van der Waals surface area contributed by atoms with E-state index in [0.29, 0.717) is 4.48 Å². The summed E-state index contributed by atoms with van der Waals surface area (Å²) in [6.07, 6.45) is -5.59. The minimum atomic E-state index is -3.14. The third-order valence-electron chi connectivity index (χ3n) is 3.83. The van der Waals surface area contributed by atoms with Gasteiger partial charge >= 0.3 is 35.8 Å². The highest BCUT2D eigenvalue weighted by molar-refractivity contribution is 5.93. The number of quaternary nitrogens is 1. The van der Waals surface area contributed by atoms with E-state index in [-0.39, 0.29) is 13.2 Å². The van der Waals surface area contributed by atoms with Gasteiger partial charge in [0.2, 0.25) is 5.60 Å². The molecule has 1 unspecified atom stereocenters. The molecule has 0 saturated carbocycles. The van der Waals surface area contributed by atoms with Gasteiger partial charge in [0, 0.05) is 0 Å². The number of rotatable bonds is 14. The molecule has 0 aliphatic heterocycles. The molecule has 0 aliphatic carbocycles. The third kappa shape index (κ3) is 9.86. The largest absolute Gasteiger partial charge is 0.481 e. The number of hydrogen-bond acceptors (Lipinski definition) is 9. The van der Waals surface area contributed by atoms with Crippen LogP contribution in [0.2, 0.25) is 0 Å². The normalized spacial score (nSPS) is 13.5. The maximum Gasteiger partial charge on any atom is 0.352 e. The van der Waals surface area contributed by atoms with E-state index in [1.54, 1.807) is 21.1 Å². The number of carboxylic acid groups (broad SMARTS) is 4. The molecule has 14 nitrogen and oxygen atoms in total. The summed E-state index contributed by atoms with van der Waals surface area (Å²) in [5.74, 6) is -10.6. The Morgan fingerprint density at radius 3 is 1.58 bits per heavy atom. The second-order valence-electron chi connectivity index (χ2n) is 7.84. The topological polar surface area (TPSA) is 222 Å². The van der Waals surface area contributed by atoms with Gasteiger partial charge in [-0.2, -0.15) is 0 Å². The Labute approximate surface area is 176 Å². The van der Waals surface area contributed by atoms with Crippen molar-refractivity contribution in [2.45, 2.75) is 36.9 Å². The van der Waals surface area contributed by atoms with Gasteiger partial charge in [0.15, 0.2) is 5.60 Å². The van der Waals surface area contributed by atoms with E-state index in [1.807, 2.05) is 0 Å². The van der Waals surface area contributed by atoms with Crippen LogP contribution in [0.4, 0.5) is 0 Å². The number of carbonyl (C=O) groups excluding carboxylic acids is 2. The molecule has 1 atom stereocenters. The number of aliphatic carboxylic acids is 4. The molecule has 0 saturated heterocycles. The van der Waals surface area contributed by atoms with E-state index in [4.69, 9.17) is 29.9 Å². The zero-order chi connectivity index (χ0) is 24.6. The van der Waals surface area contributed by atoms with Crippen molar-refractivity contribution in [3.63, 3.8) is 0 Å². The summed E-state index contributed by atoms with van der Waals surface area (Å²) in [6.45, 7) is -0.0633. The van der Waals surface area contributed by atoms with E-state index in [2.05, 4.69) is 0 Å². The highest BCUT2D eigenvalue weighted by Crippen LogP contribution is 2.27. The third-order valence-corrected chi connectivity index (χ3v) is 3.83. The number of carboxylic acids is 4. The Morgan fingerprint density at radius 2 is 1.23 bits per heavy atom. The second kappa shape index (κ2) is 10.7. The quantitative estimate of drug-likeness (QED) is 0.144. The van der Waals surface area contributed by atoms with Gasteiger partial charge in [-0.25, -0.2) is 9.59 Å². The maximum atomic E-state index is 12.5. The highest BCUT2D eigenvalue weighted by Gasteiger charge is 2.50. The predicted molar refractivity (Wildman–Crippen MR) is 96.6 cm³/mol. The first-order chi connectivity index (χ1) is 13.9. The van der Waals surface area contributed by atoms with Crippen LogP contribution < -0.4 is 0 Å². The molecular formula is C17H26NO13+. The Balaban J connectivity index is 5.85. The summed E-state index contributed by atoms with van der Waals surface area (Å²) in [5.41, 5.74) is -6.02. The SMILES string of the molecule is C[N+](C)(C)CCOC(=O)C(CC(=O)O)(CC(=O)O)OC(=O)CC(O)(CC(=O)O)C(=O)O. The van der Waals surface area contributed by atoms with Gasteiger partial charge in [-0.15, -0.1) is 0 Å². The Bertz CT molecular complexity index is 723. The number of likely N-dealkylation sites (N-methyl/N-ethyl adjacent to an activating group) is 1. The highest BCUT2D eigenvalue weighted by atomic mass is 16.6. The Kier molecular flexibility index (Phi) is 9.55. The fourth-order valence-electron chi connectivity index (χ4n) is 2.31. The minimum Gasteiger partial charge on any atom is -0.481 e. The van der Waals surface area contributed by atoms with Crippen molar-refractivity contribution < 1.29 is 68.3 Å². The molecule has 14 heteroatoms. The van der Waals surface area contributed by atoms with Gasteiger partial charge in [0.25, 0.3) is 0 Å². The molecule has 0 spiro atoms. The van der Waals surface area contributed by atoms with Crippen LogP contribution in [0, 0.1) is 0 Å². The molecule has 0 fully saturated rings. The van der Waals surface area contributed by atoms with Crippen LogP contribution in [0.15, 0.2) is 0 Å². The van der Waals surface area contributed by atoms with Crippen molar-refractivity contribution in [2.24, 2.45) is 0 Å². The Hall–Kier alpha value is -3.26. The number of aliphatic hydroxyl groups is 1. The van der Waals surface area contributed by atoms with Crippen LogP contribution in [0.5, 0.6) is 0 Å². The molecule has 0 radical (unpaired) electrons. The molecule has 0 rings (SSSR count). The molecule has 0 bridgehead atoms. The van der Waals surface area contributed by atoms with Crippen molar-refractivity contribution in [1.82, 2.24) is 0 Å². The van der Waals surface area contributed by atoms with E-state index in [0.717, 1.165) is 0 Å². The van der Waals surface area contributed by atoms with E-state index >= 15 is 0 Å². The number of esters is 2. The van der Waals surface area contributed by atoms with Gasteiger partial charge in [0.05, 0.1) is 46.8 Å². The van der Waals surface area contributed by atoms with Crippen molar-refractivity contribution in [2.75, 3.05) is 34.3 Å². The van der Waals surface area contributed by atoms with E-state index in [9.17, 15) is 33.9 Å². The zero-order valence-corrected chi connectivity index (χ0v) is 17.2. The molecule has 0 aromatic heterocycles. The fourth-order valence-corrected chi connectivity index (χ4v) is 2.31. The summed E-state index contributed by atoms with van der Waals surface area (Å²) < 4.78 is 9.95. The molecule has 31 heavy (non-hydrogen) atoms. The molecule has 0 aromatic carbocycles. The first-order valence-corrected chi connectivity index (χ1v) is 8.73. The zero-order valence-electron chi connectivity index (χ0n) is 17.2. The number of ether oxygens (including phenoxy) is 2. The number of hydrogen-bond donors (Lipinski definition) is 5. The second-order valence-corrected chi connectivity index (χ2v) is 7.84. The van der Waals surface area contributed by atoms with Crippen LogP contribution in [0.3, 0.4) is 0 Å². The van der Waals surface area contributed by atoms with Crippen LogP contribution >= 0.6 is 0 Å². The lowest BCUT2D eigenvalue weighted by Crippen LogP contribution is -2.51. The van der Waals surface area contributed by atoms with Crippen LogP contribution in [-0.4, -0.2) is 111 Å². The molecule has 5 N–H and O–H groups in total. The number of carbonyl (C=O) groups is 6. The first kappa shape index (κ1) is 27.7. The van der Waals surface area contributed by atoms with Crippen molar-refractivity contribution in [1.29, 1.82) is 0 Å². The maximum absolute atomic E-state index is 12.5. The van der Waals surface area contributed by atoms with Crippen molar-refractivity contribution in [3.8, 4) is 0 Å². The monoisotopic (exact) mass is 452 g/mol. The van der Waals surface area contributed by atoms with E-state index < -0.39 is 72.7 Å². The molecule has 0 heterocycles. The summed E-state index contributed by atoms with van der Waals surface area (Å²) in [5, 5.41) is 45.9. The van der Waals surface area contributed by atoms with Gasteiger partial charge < -0.3 is 39.5 Å². The van der Waals surface area contributed by atoms with E-state index in [1.165, 1.54) is 0 Å². The van der Waals surface area contributed by atoms with Gasteiger partial charge in [-0.3, -0.25) is 19.2 Å². The predicted octanol–water partition coefficient (Wildman–Crippen LogP) is -1.85. The van der Waals surface area contributed by atoms with Gasteiger partial charge in [-0.1, -0.05) is 0 Å². The van der Waals surface area contributed by atoms with Gasteiger partial charge in [-0.05, 0) is 0 Å². The summed E-state index contributed by atoms with van der Waals surface area (Å²) in [7, 11) is 5.22. The smallest absolute Gasteiger partial charge is 0.352 e. The molecule has 0 aromatic rings. The molecular weight excluding hydrogens is 426 g/mol. The van der Waals surface area contributed by atoms with Crippen LogP contribution in [0.25, 0.3) is 0 Å². The van der Waals surface area contributed by atoms with Crippen LogP contribution in [0.1, 0.15) is 25.7 Å². The van der Waals surface area contributed by atoms with Crippen LogP contribution in [-0.2, 0) is 38.2 Å². The fraction of sp³-hybridized carbons (Fsp3) is 0.647.